The maximum atomic E-state index is 13.0. The van der Waals surface area contributed by atoms with Crippen LogP contribution in [0.2, 0.25) is 0 Å². The molecule has 0 unspecified atom stereocenters. The van der Waals surface area contributed by atoms with E-state index in [2.05, 4.69) is 27.3 Å². The van der Waals surface area contributed by atoms with Gasteiger partial charge in [-0.3, -0.25) is 9.59 Å². The number of halogens is 1. The molecule has 0 fully saturated rings. The van der Waals surface area contributed by atoms with Crippen LogP contribution in [-0.2, 0) is 22.5 Å². The zero-order valence-corrected chi connectivity index (χ0v) is 25.1. The molecule has 2 aliphatic rings. The molecule has 5 N–H and O–H groups in total. The number of benzene rings is 2. The lowest BCUT2D eigenvalue weighted by molar-refractivity contribution is -0.118. The number of carboxylic acid groups (broad SMARTS) is 1. The van der Waals surface area contributed by atoms with Crippen molar-refractivity contribution in [3.05, 3.63) is 101 Å². The van der Waals surface area contributed by atoms with Gasteiger partial charge in [-0.2, -0.15) is 5.10 Å². The van der Waals surface area contributed by atoms with Gasteiger partial charge >= 0.3 is 11.9 Å². The second-order valence-corrected chi connectivity index (χ2v) is 10.1. The number of rotatable bonds is 7. The number of hydrogen-bond donors (Lipinski definition) is 4. The van der Waals surface area contributed by atoms with E-state index in [-0.39, 0.29) is 54.6 Å². The third-order valence-corrected chi connectivity index (χ3v) is 7.27. The van der Waals surface area contributed by atoms with Crippen LogP contribution in [0.3, 0.4) is 0 Å². The number of nitrogens with two attached hydrogens (primary N) is 1. The Balaban J connectivity index is 0.000000275. The zero-order valence-electron chi connectivity index (χ0n) is 24.2. The fourth-order valence-electron chi connectivity index (χ4n) is 5.14. The molecular formula is C31H31ClN6O7. The van der Waals surface area contributed by atoms with Crippen LogP contribution in [0.5, 0.6) is 5.75 Å². The maximum absolute atomic E-state index is 13.0. The number of carbonyl (C=O) groups is 4. The Morgan fingerprint density at radius 3 is 2.78 bits per heavy atom. The molecule has 1 aliphatic carbocycles. The van der Waals surface area contributed by atoms with E-state index in [0.29, 0.717) is 36.4 Å². The number of nitrogens with one attached hydrogen (secondary N) is 2. The van der Waals surface area contributed by atoms with Crippen LogP contribution in [0.25, 0.3) is 5.65 Å². The fourth-order valence-corrected chi connectivity index (χ4v) is 5.14. The molecule has 4 aromatic rings. The van der Waals surface area contributed by atoms with Gasteiger partial charge in [0.05, 0.1) is 23.5 Å². The summed E-state index contributed by atoms with van der Waals surface area (Å²) in [6, 6.07) is 11.5. The van der Waals surface area contributed by atoms with Gasteiger partial charge in [0.1, 0.15) is 18.1 Å². The van der Waals surface area contributed by atoms with E-state index in [4.69, 9.17) is 15.2 Å². The summed E-state index contributed by atoms with van der Waals surface area (Å²) in [6.07, 6.45) is 4.32. The van der Waals surface area contributed by atoms with E-state index in [1.807, 2.05) is 31.2 Å². The number of esters is 1. The van der Waals surface area contributed by atoms with Crippen molar-refractivity contribution in [3.63, 3.8) is 0 Å². The highest BCUT2D eigenvalue weighted by Crippen LogP contribution is 2.35. The van der Waals surface area contributed by atoms with Crippen molar-refractivity contribution in [3.8, 4) is 5.75 Å². The lowest BCUT2D eigenvalue weighted by Crippen LogP contribution is -2.29. The number of fused-ring (bicyclic) bond motifs is 3. The number of aromatic carboxylic acids is 1. The van der Waals surface area contributed by atoms with Crippen LogP contribution in [0, 0.1) is 6.92 Å². The molecule has 6 rings (SSSR count). The van der Waals surface area contributed by atoms with E-state index in [1.54, 1.807) is 6.07 Å². The van der Waals surface area contributed by atoms with E-state index in [1.165, 1.54) is 28.9 Å². The normalized spacial score (nSPS) is 14.4. The minimum atomic E-state index is -1.23. The number of ether oxygens (including phenoxy) is 2. The first-order chi connectivity index (χ1) is 21.2. The molecule has 0 spiro atoms. The molecule has 2 aromatic heterocycles. The Morgan fingerprint density at radius 1 is 1.24 bits per heavy atom. The summed E-state index contributed by atoms with van der Waals surface area (Å²) >= 11 is 0. The monoisotopic (exact) mass is 634 g/mol. The Hall–Kier alpha value is -5.27. The molecule has 2 amide bonds. The van der Waals surface area contributed by atoms with Crippen LogP contribution >= 0.6 is 12.4 Å². The number of carboxylic acids is 1. The van der Waals surface area contributed by atoms with Gasteiger partial charge in [0.15, 0.2) is 17.9 Å². The largest absolute Gasteiger partial charge is 0.482 e. The minimum Gasteiger partial charge on any atom is -0.482 e. The minimum absolute atomic E-state index is 0. The van der Waals surface area contributed by atoms with Crippen molar-refractivity contribution in [2.24, 2.45) is 5.73 Å². The second-order valence-electron chi connectivity index (χ2n) is 10.1. The number of nitrogens with zero attached hydrogens (tertiary/aromatic N) is 3. The van der Waals surface area contributed by atoms with Gasteiger partial charge in [0.25, 0.3) is 11.8 Å². The fraction of sp³-hybridized carbons (Fsp3) is 0.226. The van der Waals surface area contributed by atoms with Crippen LogP contribution in [-0.4, -0.2) is 56.7 Å². The van der Waals surface area contributed by atoms with Gasteiger partial charge in [-0.25, -0.2) is 19.1 Å². The highest BCUT2D eigenvalue weighted by molar-refractivity contribution is 5.97. The smallest absolute Gasteiger partial charge is 0.354 e. The molecule has 0 radical (unpaired) electrons. The van der Waals surface area contributed by atoms with Gasteiger partial charge in [-0.05, 0) is 60.2 Å². The topological polar surface area (TPSA) is 187 Å². The third kappa shape index (κ3) is 6.95. The standard InChI is InChI=1S/C22H20N4O5.C9H10N2O2.ClH/c1-3-10-31-22(30)14-4-5-15-13(12(14)2)6-7-16(15)25-20(27)18-11-17(21(28)29)24-19-8-9-23-26(18)19;10-4-6-1-2-8-7(3-6)11-9(12)5-13-8;/h3-5,8-9,11,16H,1,6-7,10H2,2H3,(H,25,27)(H,28,29);1-3H,4-5,10H2,(H,11,12);1H/t16-;;/m0../s1. The Morgan fingerprint density at radius 2 is 2.04 bits per heavy atom. The number of anilines is 1. The second kappa shape index (κ2) is 14.0. The summed E-state index contributed by atoms with van der Waals surface area (Å²) in [5.41, 5.74) is 10.5. The van der Waals surface area contributed by atoms with E-state index < -0.39 is 17.8 Å². The molecule has 13 nitrogen and oxygen atoms in total. The summed E-state index contributed by atoms with van der Waals surface area (Å²) in [5.74, 6) is -1.51. The lowest BCUT2D eigenvalue weighted by atomic mass is 9.98. The average molecular weight is 635 g/mol. The molecule has 234 valence electrons. The average Bonchev–Trinajstić information content (AvgIpc) is 3.67. The first-order valence-electron chi connectivity index (χ1n) is 13.7. The van der Waals surface area contributed by atoms with Gasteiger partial charge < -0.3 is 30.9 Å². The van der Waals surface area contributed by atoms with Crippen molar-refractivity contribution in [2.75, 3.05) is 18.5 Å². The van der Waals surface area contributed by atoms with Crippen LogP contribution in [0.4, 0.5) is 5.69 Å². The predicted octanol–water partition coefficient (Wildman–Crippen LogP) is 3.39. The Labute approximate surface area is 263 Å². The number of aromatic nitrogens is 3. The summed E-state index contributed by atoms with van der Waals surface area (Å²) in [7, 11) is 0. The lowest BCUT2D eigenvalue weighted by Gasteiger charge is -2.18. The molecular weight excluding hydrogens is 604 g/mol. The molecule has 2 aromatic carbocycles. The van der Waals surface area contributed by atoms with E-state index in [0.717, 1.165) is 22.3 Å². The quantitative estimate of drug-likeness (QED) is 0.173. The van der Waals surface area contributed by atoms with Crippen molar-refractivity contribution < 1.29 is 33.8 Å². The molecule has 14 heteroatoms. The molecule has 45 heavy (non-hydrogen) atoms. The van der Waals surface area contributed by atoms with E-state index in [9.17, 15) is 24.3 Å². The summed E-state index contributed by atoms with van der Waals surface area (Å²) in [4.78, 5) is 51.6. The maximum Gasteiger partial charge on any atom is 0.354 e. The molecule has 1 atom stereocenters. The molecule has 0 saturated heterocycles. The third-order valence-electron chi connectivity index (χ3n) is 7.27. The van der Waals surface area contributed by atoms with Crippen molar-refractivity contribution >= 4 is 47.5 Å². The first-order valence-corrected chi connectivity index (χ1v) is 13.7. The molecule has 0 saturated carbocycles. The number of amides is 2. The zero-order chi connectivity index (χ0) is 31.4. The first kappa shape index (κ1) is 32.6. The number of hydrogen-bond acceptors (Lipinski definition) is 9. The van der Waals surface area contributed by atoms with Gasteiger partial charge in [-0.15, -0.1) is 12.4 Å². The van der Waals surface area contributed by atoms with Crippen molar-refractivity contribution in [2.45, 2.75) is 32.4 Å². The Kier molecular flexibility index (Phi) is 10.2. The summed E-state index contributed by atoms with van der Waals surface area (Å²) in [6.45, 7) is 6.10. The van der Waals surface area contributed by atoms with Crippen molar-refractivity contribution in [1.82, 2.24) is 19.9 Å². The summed E-state index contributed by atoms with van der Waals surface area (Å²) < 4.78 is 11.6. The van der Waals surface area contributed by atoms with Crippen LogP contribution < -0.4 is 21.1 Å². The van der Waals surface area contributed by atoms with E-state index >= 15 is 0 Å². The molecule has 3 heterocycles. The van der Waals surface area contributed by atoms with Gasteiger partial charge in [0.2, 0.25) is 0 Å². The molecule has 0 bridgehead atoms. The predicted molar refractivity (Wildman–Crippen MR) is 166 cm³/mol. The highest BCUT2D eigenvalue weighted by Gasteiger charge is 2.29. The van der Waals surface area contributed by atoms with Gasteiger partial charge in [0, 0.05) is 18.7 Å². The number of carbonyl (C=O) groups excluding carboxylic acids is 3. The summed E-state index contributed by atoms with van der Waals surface area (Å²) in [5, 5.41) is 19.0. The SMILES string of the molecule is C=CCOC(=O)c1ccc2c(c1C)CC[C@@H]2NC(=O)c1cc(C(=O)O)nc2ccnn12.Cl.NCc1ccc2c(c1)NC(=O)CO2. The highest BCUT2D eigenvalue weighted by atomic mass is 35.5. The van der Waals surface area contributed by atoms with Crippen LogP contribution in [0.1, 0.15) is 66.1 Å². The Bertz CT molecular complexity index is 1800. The van der Waals surface area contributed by atoms with Gasteiger partial charge in [-0.1, -0.05) is 24.8 Å². The van der Waals surface area contributed by atoms with Crippen molar-refractivity contribution in [1.29, 1.82) is 0 Å². The molecule has 1 aliphatic heterocycles. The van der Waals surface area contributed by atoms with Crippen LogP contribution in [0.15, 0.2) is 61.3 Å².